The van der Waals surface area contributed by atoms with Gasteiger partial charge in [0.25, 0.3) is 0 Å². The van der Waals surface area contributed by atoms with Crippen LogP contribution >= 0.6 is 27.7 Å². The summed E-state index contributed by atoms with van der Waals surface area (Å²) in [6, 6.07) is 11.8. The van der Waals surface area contributed by atoms with Crippen LogP contribution in [0.15, 0.2) is 57.0 Å². The van der Waals surface area contributed by atoms with Crippen LogP contribution in [0.4, 0.5) is 0 Å². The van der Waals surface area contributed by atoms with E-state index in [4.69, 9.17) is 0 Å². The van der Waals surface area contributed by atoms with Crippen molar-refractivity contribution >= 4 is 27.7 Å². The van der Waals surface area contributed by atoms with Crippen molar-refractivity contribution in [2.45, 2.75) is 29.4 Å². The normalized spacial score (nSPS) is 12.4. The molecule has 94 valence electrons. The number of halogens is 1. The van der Waals surface area contributed by atoms with Gasteiger partial charge < -0.3 is 5.11 Å². The van der Waals surface area contributed by atoms with Gasteiger partial charge in [0.2, 0.25) is 0 Å². The first kappa shape index (κ1) is 13.6. The molecule has 0 aliphatic heterocycles. The SMILES string of the molecule is CCC(O)c1ccccc1Sc1ccc(Br)cn1. The molecule has 0 saturated carbocycles. The molecule has 2 nitrogen and oxygen atoms in total. The van der Waals surface area contributed by atoms with E-state index in [1.54, 1.807) is 18.0 Å². The number of nitrogens with zero attached hydrogens (tertiary/aromatic N) is 1. The molecule has 0 radical (unpaired) electrons. The van der Waals surface area contributed by atoms with E-state index in [1.807, 2.05) is 43.3 Å². The summed E-state index contributed by atoms with van der Waals surface area (Å²) < 4.78 is 0.966. The summed E-state index contributed by atoms with van der Waals surface area (Å²) in [4.78, 5) is 5.39. The molecule has 1 aromatic carbocycles. The smallest absolute Gasteiger partial charge is 0.101 e. The Balaban J connectivity index is 2.26. The van der Waals surface area contributed by atoms with E-state index in [1.165, 1.54) is 0 Å². The number of pyridine rings is 1. The zero-order valence-electron chi connectivity index (χ0n) is 10.0. The topological polar surface area (TPSA) is 33.1 Å². The molecule has 4 heteroatoms. The van der Waals surface area contributed by atoms with Crippen LogP contribution < -0.4 is 0 Å². The molecule has 0 aliphatic rings. The Kier molecular flexibility index (Phi) is 4.80. The Hall–Kier alpha value is -0.840. The van der Waals surface area contributed by atoms with Crippen LogP contribution in [0.1, 0.15) is 25.0 Å². The second-order valence-corrected chi connectivity index (χ2v) is 5.86. The molecule has 0 fully saturated rings. The van der Waals surface area contributed by atoms with Gasteiger partial charge in [-0.2, -0.15) is 0 Å². The fourth-order valence-corrected chi connectivity index (χ4v) is 2.77. The van der Waals surface area contributed by atoms with Crippen molar-refractivity contribution in [1.82, 2.24) is 4.98 Å². The van der Waals surface area contributed by atoms with Crippen LogP contribution in [-0.2, 0) is 0 Å². The molecule has 1 atom stereocenters. The van der Waals surface area contributed by atoms with Crippen molar-refractivity contribution in [1.29, 1.82) is 0 Å². The lowest BCUT2D eigenvalue weighted by Crippen LogP contribution is -1.97. The van der Waals surface area contributed by atoms with Crippen molar-refractivity contribution < 1.29 is 5.11 Å². The summed E-state index contributed by atoms with van der Waals surface area (Å²) in [5.74, 6) is 0. The Labute approximate surface area is 120 Å². The van der Waals surface area contributed by atoms with Crippen LogP contribution in [0.2, 0.25) is 0 Å². The minimum atomic E-state index is -0.413. The van der Waals surface area contributed by atoms with Crippen molar-refractivity contribution in [3.63, 3.8) is 0 Å². The Bertz CT molecular complexity index is 515. The van der Waals surface area contributed by atoms with Crippen molar-refractivity contribution in [3.05, 3.63) is 52.6 Å². The lowest BCUT2D eigenvalue weighted by molar-refractivity contribution is 0.171. The lowest BCUT2D eigenvalue weighted by Gasteiger charge is -2.13. The fourth-order valence-electron chi connectivity index (χ4n) is 1.60. The number of aliphatic hydroxyl groups is 1. The highest BCUT2D eigenvalue weighted by molar-refractivity contribution is 9.10. The predicted octanol–water partition coefficient (Wildman–Crippen LogP) is 4.44. The molecule has 0 saturated heterocycles. The van der Waals surface area contributed by atoms with Crippen LogP contribution in [0.5, 0.6) is 0 Å². The van der Waals surface area contributed by atoms with E-state index in [0.29, 0.717) is 6.42 Å². The molecular weight excluding hydrogens is 310 g/mol. The lowest BCUT2D eigenvalue weighted by atomic mass is 10.1. The third kappa shape index (κ3) is 3.34. The molecule has 1 N–H and O–H groups in total. The first-order valence-corrected chi connectivity index (χ1v) is 7.38. The number of benzene rings is 1. The van der Waals surface area contributed by atoms with Crippen LogP contribution in [0, 0.1) is 0 Å². The second-order valence-electron chi connectivity index (χ2n) is 3.88. The van der Waals surface area contributed by atoms with Gasteiger partial charge in [0.1, 0.15) is 5.03 Å². The average Bonchev–Trinajstić information content (AvgIpc) is 2.41. The average molecular weight is 324 g/mol. The van der Waals surface area contributed by atoms with E-state index < -0.39 is 6.10 Å². The minimum Gasteiger partial charge on any atom is -0.388 e. The van der Waals surface area contributed by atoms with Gasteiger partial charge in [0.05, 0.1) is 6.10 Å². The van der Waals surface area contributed by atoms with Crippen molar-refractivity contribution in [2.75, 3.05) is 0 Å². The Morgan fingerprint density at radius 1 is 1.28 bits per heavy atom. The maximum absolute atomic E-state index is 9.99. The van der Waals surface area contributed by atoms with E-state index in [9.17, 15) is 5.11 Å². The second kappa shape index (κ2) is 6.36. The van der Waals surface area contributed by atoms with Gasteiger partial charge in [-0.1, -0.05) is 36.9 Å². The molecule has 1 aromatic heterocycles. The zero-order chi connectivity index (χ0) is 13.0. The summed E-state index contributed by atoms with van der Waals surface area (Å²) in [5.41, 5.74) is 0.967. The largest absolute Gasteiger partial charge is 0.388 e. The molecule has 18 heavy (non-hydrogen) atoms. The highest BCUT2D eigenvalue weighted by Crippen LogP contribution is 2.33. The van der Waals surface area contributed by atoms with Crippen LogP contribution in [-0.4, -0.2) is 10.1 Å². The third-order valence-electron chi connectivity index (χ3n) is 2.58. The molecule has 2 aromatic rings. The third-order valence-corrected chi connectivity index (χ3v) is 4.09. The molecule has 1 unspecified atom stereocenters. The molecule has 0 spiro atoms. The monoisotopic (exact) mass is 323 g/mol. The minimum absolute atomic E-state index is 0.413. The number of aromatic nitrogens is 1. The zero-order valence-corrected chi connectivity index (χ0v) is 12.4. The van der Waals surface area contributed by atoms with E-state index in [0.717, 1.165) is 20.0 Å². The molecule has 1 heterocycles. The highest BCUT2D eigenvalue weighted by atomic mass is 79.9. The van der Waals surface area contributed by atoms with Gasteiger partial charge in [-0.3, -0.25) is 0 Å². The fraction of sp³-hybridized carbons (Fsp3) is 0.214. The van der Waals surface area contributed by atoms with Gasteiger partial charge in [0.15, 0.2) is 0 Å². The number of hydrogen-bond donors (Lipinski definition) is 1. The summed E-state index contributed by atoms with van der Waals surface area (Å²) >= 11 is 4.94. The summed E-state index contributed by atoms with van der Waals surface area (Å²) in [6.45, 7) is 1.98. The van der Waals surface area contributed by atoms with Gasteiger partial charge >= 0.3 is 0 Å². The van der Waals surface area contributed by atoms with E-state index in [-0.39, 0.29) is 0 Å². The van der Waals surface area contributed by atoms with Crippen molar-refractivity contribution in [2.24, 2.45) is 0 Å². The van der Waals surface area contributed by atoms with Gasteiger partial charge in [-0.15, -0.1) is 0 Å². The van der Waals surface area contributed by atoms with Crippen LogP contribution in [0.25, 0.3) is 0 Å². The highest BCUT2D eigenvalue weighted by Gasteiger charge is 2.11. The Morgan fingerprint density at radius 2 is 2.06 bits per heavy atom. The molecule has 0 bridgehead atoms. The van der Waals surface area contributed by atoms with Crippen molar-refractivity contribution in [3.8, 4) is 0 Å². The summed E-state index contributed by atoms with van der Waals surface area (Å²) in [7, 11) is 0. The number of rotatable bonds is 4. The first-order chi connectivity index (χ1) is 8.70. The number of aliphatic hydroxyl groups excluding tert-OH is 1. The first-order valence-electron chi connectivity index (χ1n) is 5.77. The van der Waals surface area contributed by atoms with E-state index >= 15 is 0 Å². The standard InChI is InChI=1S/C14H14BrNOS/c1-2-12(17)11-5-3-4-6-13(11)18-14-8-7-10(15)9-16-14/h3-9,12,17H,2H2,1H3. The quantitative estimate of drug-likeness (QED) is 0.903. The maximum atomic E-state index is 9.99. The molecule has 0 aliphatic carbocycles. The van der Waals surface area contributed by atoms with Gasteiger partial charge in [-0.25, -0.2) is 4.98 Å². The maximum Gasteiger partial charge on any atom is 0.101 e. The van der Waals surface area contributed by atoms with Crippen LogP contribution in [0.3, 0.4) is 0 Å². The van der Waals surface area contributed by atoms with Gasteiger partial charge in [-0.05, 0) is 46.1 Å². The molecule has 2 rings (SSSR count). The summed E-state index contributed by atoms with van der Waals surface area (Å²) in [6.07, 6.45) is 2.08. The van der Waals surface area contributed by atoms with Gasteiger partial charge in [0, 0.05) is 15.6 Å². The molecular formula is C14H14BrNOS. The predicted molar refractivity (Wildman–Crippen MR) is 77.8 cm³/mol. The number of hydrogen-bond acceptors (Lipinski definition) is 3. The van der Waals surface area contributed by atoms with E-state index in [2.05, 4.69) is 20.9 Å². The molecule has 0 amide bonds. The Morgan fingerprint density at radius 3 is 2.72 bits per heavy atom. The summed E-state index contributed by atoms with van der Waals surface area (Å²) in [5, 5.41) is 10.9.